The number of H-pyrrole nitrogens is 1. The van der Waals surface area contributed by atoms with Crippen LogP contribution in [0.5, 0.6) is 0 Å². The van der Waals surface area contributed by atoms with Gasteiger partial charge in [0.1, 0.15) is 16.9 Å². The molecule has 2 N–H and O–H groups in total. The van der Waals surface area contributed by atoms with Crippen LogP contribution < -0.4 is 10.9 Å². The number of furan rings is 1. The van der Waals surface area contributed by atoms with Crippen molar-refractivity contribution < 1.29 is 4.42 Å². The minimum atomic E-state index is -0.266. The molecule has 2 heterocycles. The van der Waals surface area contributed by atoms with Crippen molar-refractivity contribution in [2.45, 2.75) is 57.5 Å². The maximum Gasteiger partial charge on any atom is 0.294 e. The van der Waals surface area contributed by atoms with Crippen LogP contribution in [0.2, 0.25) is 0 Å². The Bertz CT molecular complexity index is 1320. The second-order valence-electron chi connectivity index (χ2n) is 9.02. The summed E-state index contributed by atoms with van der Waals surface area (Å²) in [5.74, 6) is 0.551. The smallest absolute Gasteiger partial charge is 0.294 e. The van der Waals surface area contributed by atoms with Gasteiger partial charge in [-0.05, 0) is 56.5 Å². The van der Waals surface area contributed by atoms with Crippen LogP contribution in [0.25, 0.3) is 33.5 Å². The molecule has 6 heteroatoms. The van der Waals surface area contributed by atoms with E-state index in [9.17, 15) is 4.79 Å². The first-order valence-corrected chi connectivity index (χ1v) is 11.7. The Hall–Kier alpha value is -2.44. The fourth-order valence-corrected chi connectivity index (χ4v) is 5.02. The number of aromatic nitrogens is 2. The molecule has 0 unspecified atom stereocenters. The van der Waals surface area contributed by atoms with Gasteiger partial charge in [-0.25, -0.2) is 4.98 Å². The molecule has 2 aromatic heterocycles. The number of nitrogens with one attached hydrogen (secondary N) is 2. The number of rotatable bonds is 4. The lowest BCUT2D eigenvalue weighted by atomic mass is 9.88. The fraction of sp³-hybridized carbons (Fsp3) is 0.360. The van der Waals surface area contributed by atoms with Gasteiger partial charge in [0, 0.05) is 27.0 Å². The van der Waals surface area contributed by atoms with E-state index < -0.39 is 0 Å². The third-order valence-electron chi connectivity index (χ3n) is 6.31. The van der Waals surface area contributed by atoms with Crippen molar-refractivity contribution in [3.8, 4) is 11.4 Å². The molecule has 5 nitrogen and oxygen atoms in total. The summed E-state index contributed by atoms with van der Waals surface area (Å²) in [5, 5.41) is 4.67. The normalized spacial score (nSPS) is 15.7. The van der Waals surface area contributed by atoms with E-state index in [0.29, 0.717) is 23.0 Å². The average Bonchev–Trinajstić information content (AvgIpc) is 3.13. The highest BCUT2D eigenvalue weighted by Gasteiger charge is 2.26. The summed E-state index contributed by atoms with van der Waals surface area (Å²) in [6, 6.07) is 14.5. The Labute approximate surface area is 189 Å². The molecule has 0 aliphatic heterocycles. The highest BCUT2D eigenvalue weighted by atomic mass is 79.9. The Kier molecular flexibility index (Phi) is 5.22. The molecular formula is C25H26BrN3O2. The lowest BCUT2D eigenvalue weighted by molar-refractivity contribution is 0.283. The Balaban J connectivity index is 1.55. The zero-order valence-corrected chi connectivity index (χ0v) is 19.4. The van der Waals surface area contributed by atoms with Crippen LogP contribution in [0, 0.1) is 0 Å². The zero-order valence-electron chi connectivity index (χ0n) is 17.8. The van der Waals surface area contributed by atoms with Gasteiger partial charge in [0.15, 0.2) is 0 Å². The van der Waals surface area contributed by atoms with Crippen molar-refractivity contribution in [3.05, 3.63) is 62.9 Å². The molecule has 0 saturated heterocycles. The Morgan fingerprint density at radius 3 is 2.74 bits per heavy atom. The molecule has 5 rings (SSSR count). The summed E-state index contributed by atoms with van der Waals surface area (Å²) >= 11 is 3.49. The van der Waals surface area contributed by atoms with Crippen molar-refractivity contribution in [3.63, 3.8) is 0 Å². The summed E-state index contributed by atoms with van der Waals surface area (Å²) in [7, 11) is 0. The average molecular weight is 480 g/mol. The van der Waals surface area contributed by atoms with Crippen molar-refractivity contribution in [2.75, 3.05) is 0 Å². The molecule has 1 saturated carbocycles. The summed E-state index contributed by atoms with van der Waals surface area (Å²) in [4.78, 5) is 20.5. The standard InChI is InChI=1S/C25H26BrN3O2/c1-25(2,29-18-9-4-3-5-10-18)16-8-6-7-15(13-16)23-27-21-19-14-17(26)11-12-20(19)31-22(21)24(30)28-23/h6-8,11-14,18,29H,3-5,9-10H2,1-2H3,(H,27,28,30). The number of nitrogens with zero attached hydrogens (tertiary/aromatic N) is 1. The maximum absolute atomic E-state index is 12.8. The molecule has 0 atom stereocenters. The maximum atomic E-state index is 12.8. The second kappa shape index (κ2) is 7.92. The third kappa shape index (κ3) is 3.94. The van der Waals surface area contributed by atoms with Gasteiger partial charge in [0.25, 0.3) is 5.56 Å². The van der Waals surface area contributed by atoms with E-state index in [-0.39, 0.29) is 16.7 Å². The molecule has 31 heavy (non-hydrogen) atoms. The van der Waals surface area contributed by atoms with E-state index in [1.807, 2.05) is 30.3 Å². The Morgan fingerprint density at radius 1 is 1.13 bits per heavy atom. The molecule has 0 amide bonds. The number of hydrogen-bond donors (Lipinski definition) is 2. The summed E-state index contributed by atoms with van der Waals surface area (Å²) in [5.41, 5.74) is 3.12. The summed E-state index contributed by atoms with van der Waals surface area (Å²) in [6.45, 7) is 4.45. The molecule has 160 valence electrons. The van der Waals surface area contributed by atoms with E-state index in [4.69, 9.17) is 9.40 Å². The molecule has 4 aromatic rings. The third-order valence-corrected chi connectivity index (χ3v) is 6.81. The molecule has 2 aromatic carbocycles. The van der Waals surface area contributed by atoms with E-state index >= 15 is 0 Å². The van der Waals surface area contributed by atoms with Gasteiger partial charge in [0.05, 0.1) is 0 Å². The number of fused-ring (bicyclic) bond motifs is 3. The van der Waals surface area contributed by atoms with E-state index in [1.54, 1.807) is 0 Å². The highest BCUT2D eigenvalue weighted by Crippen LogP contribution is 2.31. The van der Waals surface area contributed by atoms with Crippen molar-refractivity contribution in [1.82, 2.24) is 15.3 Å². The van der Waals surface area contributed by atoms with Gasteiger partial charge in [-0.15, -0.1) is 0 Å². The van der Waals surface area contributed by atoms with Gasteiger partial charge >= 0.3 is 0 Å². The van der Waals surface area contributed by atoms with E-state index in [1.165, 1.54) is 37.7 Å². The van der Waals surface area contributed by atoms with Gasteiger partial charge in [-0.2, -0.15) is 0 Å². The summed E-state index contributed by atoms with van der Waals surface area (Å²) < 4.78 is 6.67. The van der Waals surface area contributed by atoms with Gasteiger partial charge in [-0.1, -0.05) is 53.4 Å². The fourth-order valence-electron chi connectivity index (χ4n) is 4.66. The van der Waals surface area contributed by atoms with Crippen molar-refractivity contribution in [2.24, 2.45) is 0 Å². The topological polar surface area (TPSA) is 70.9 Å². The predicted molar refractivity (Wildman–Crippen MR) is 128 cm³/mol. The molecule has 0 bridgehead atoms. The first kappa shape index (κ1) is 20.5. The first-order valence-electron chi connectivity index (χ1n) is 10.9. The minimum absolute atomic E-state index is 0.171. The second-order valence-corrected chi connectivity index (χ2v) is 9.94. The molecule has 1 aliphatic carbocycles. The molecule has 1 aliphatic rings. The van der Waals surface area contributed by atoms with Gasteiger partial charge in [-0.3, -0.25) is 4.79 Å². The predicted octanol–water partition coefficient (Wildman–Crippen LogP) is 6.26. The SMILES string of the molecule is CC(C)(NC1CCCCC1)c1cccc(-c2nc3c(oc4ccc(Br)cc43)c(=O)[nH]2)c1. The van der Waals surface area contributed by atoms with Crippen LogP contribution in [-0.2, 0) is 5.54 Å². The number of hydrogen-bond acceptors (Lipinski definition) is 4. The first-order chi connectivity index (χ1) is 14.9. The monoisotopic (exact) mass is 479 g/mol. The van der Waals surface area contributed by atoms with Crippen molar-refractivity contribution in [1.29, 1.82) is 0 Å². The molecule has 0 spiro atoms. The van der Waals surface area contributed by atoms with E-state index in [0.717, 1.165) is 15.4 Å². The van der Waals surface area contributed by atoms with Crippen LogP contribution in [0.1, 0.15) is 51.5 Å². The van der Waals surface area contributed by atoms with Gasteiger partial charge in [0.2, 0.25) is 5.58 Å². The molecular weight excluding hydrogens is 454 g/mol. The largest absolute Gasteiger partial charge is 0.449 e. The highest BCUT2D eigenvalue weighted by molar-refractivity contribution is 9.10. The number of benzene rings is 2. The van der Waals surface area contributed by atoms with E-state index in [2.05, 4.69) is 52.2 Å². The number of aromatic amines is 1. The van der Waals surface area contributed by atoms with Gasteiger partial charge < -0.3 is 14.7 Å². The molecule has 0 radical (unpaired) electrons. The van der Waals surface area contributed by atoms with Crippen LogP contribution in [0.15, 0.2) is 56.1 Å². The van der Waals surface area contributed by atoms with Crippen LogP contribution >= 0.6 is 15.9 Å². The number of halogens is 1. The molecule has 1 fully saturated rings. The Morgan fingerprint density at radius 2 is 1.94 bits per heavy atom. The van der Waals surface area contributed by atoms with Crippen LogP contribution in [0.4, 0.5) is 0 Å². The summed E-state index contributed by atoms with van der Waals surface area (Å²) in [6.07, 6.45) is 6.41. The van der Waals surface area contributed by atoms with Crippen LogP contribution in [-0.4, -0.2) is 16.0 Å². The lowest BCUT2D eigenvalue weighted by Gasteiger charge is -2.34. The van der Waals surface area contributed by atoms with Crippen molar-refractivity contribution >= 4 is 38.0 Å². The lowest BCUT2D eigenvalue weighted by Crippen LogP contribution is -2.44. The van der Waals surface area contributed by atoms with Crippen LogP contribution in [0.3, 0.4) is 0 Å². The quantitative estimate of drug-likeness (QED) is 0.362. The minimum Gasteiger partial charge on any atom is -0.449 e. The zero-order chi connectivity index (χ0) is 21.6.